The number of alkyl halides is 1. The lowest BCUT2D eigenvalue weighted by atomic mass is 10.1. The highest BCUT2D eigenvalue weighted by molar-refractivity contribution is 5.74. The molecule has 0 atom stereocenters. The first-order valence-electron chi connectivity index (χ1n) is 7.14. The van der Waals surface area contributed by atoms with Crippen LogP contribution in [0.15, 0.2) is 43.0 Å². The van der Waals surface area contributed by atoms with Gasteiger partial charge in [-0.15, -0.1) is 0 Å². The van der Waals surface area contributed by atoms with Gasteiger partial charge in [0.15, 0.2) is 11.6 Å². The maximum absolute atomic E-state index is 13.7. The summed E-state index contributed by atoms with van der Waals surface area (Å²) >= 11 is 0. The molecule has 0 aliphatic carbocycles. The summed E-state index contributed by atoms with van der Waals surface area (Å²) < 4.78 is 50.3. The van der Waals surface area contributed by atoms with Gasteiger partial charge in [0.1, 0.15) is 24.5 Å². The van der Waals surface area contributed by atoms with E-state index >= 15 is 0 Å². The van der Waals surface area contributed by atoms with E-state index in [0.29, 0.717) is 11.3 Å². The average Bonchev–Trinajstić information content (AvgIpc) is 2.65. The smallest absolute Gasteiger partial charge is 0.230 e. The molecule has 0 aliphatic rings. The molecule has 25 heavy (non-hydrogen) atoms. The number of benzene rings is 1. The number of methoxy groups -OCH3 is 1. The summed E-state index contributed by atoms with van der Waals surface area (Å²) in [6.07, 6.45) is 3.97. The summed E-state index contributed by atoms with van der Waals surface area (Å²) in [6, 6.07) is 4.90. The Morgan fingerprint density at radius 1 is 1.00 bits per heavy atom. The lowest BCUT2D eigenvalue weighted by Gasteiger charge is -2.13. The van der Waals surface area contributed by atoms with Crippen molar-refractivity contribution in [3.05, 3.63) is 60.3 Å². The minimum Gasteiger partial charge on any atom is -0.496 e. The van der Waals surface area contributed by atoms with Crippen LogP contribution in [0.5, 0.6) is 17.4 Å². The third-order valence-electron chi connectivity index (χ3n) is 3.36. The van der Waals surface area contributed by atoms with Crippen molar-refractivity contribution in [3.63, 3.8) is 0 Å². The summed E-state index contributed by atoms with van der Waals surface area (Å²) in [4.78, 5) is 11.8. The van der Waals surface area contributed by atoms with Crippen LogP contribution in [0.1, 0.15) is 5.69 Å². The topological polar surface area (TPSA) is 57.1 Å². The number of aromatic nitrogens is 3. The van der Waals surface area contributed by atoms with E-state index in [1.54, 1.807) is 0 Å². The van der Waals surface area contributed by atoms with Gasteiger partial charge in [0.25, 0.3) is 0 Å². The SMILES string of the molecule is COc1cc(F)c(F)cc1-c1cncnc1Oc1ccc(CF)nc1. The standard InChI is InChI=1S/C17H12F3N3O2/c1-24-16-5-15(20)14(19)4-12(16)13-8-21-9-23-17(13)25-11-3-2-10(6-18)22-7-11/h2-5,7-9H,6H2,1H3. The molecule has 0 aliphatic heterocycles. The number of pyridine rings is 1. The van der Waals surface area contributed by atoms with Crippen LogP contribution in [0.2, 0.25) is 0 Å². The van der Waals surface area contributed by atoms with Crippen LogP contribution in [0.4, 0.5) is 13.2 Å². The van der Waals surface area contributed by atoms with Crippen molar-refractivity contribution in [1.29, 1.82) is 0 Å². The quantitative estimate of drug-likeness (QED) is 0.696. The van der Waals surface area contributed by atoms with Gasteiger partial charge >= 0.3 is 0 Å². The fourth-order valence-corrected chi connectivity index (χ4v) is 2.15. The van der Waals surface area contributed by atoms with E-state index in [2.05, 4.69) is 15.0 Å². The van der Waals surface area contributed by atoms with Crippen LogP contribution in [0.25, 0.3) is 11.1 Å². The van der Waals surface area contributed by atoms with Gasteiger partial charge in [0.05, 0.1) is 24.6 Å². The van der Waals surface area contributed by atoms with Crippen LogP contribution < -0.4 is 9.47 Å². The maximum atomic E-state index is 13.7. The first-order chi connectivity index (χ1) is 12.1. The molecule has 8 heteroatoms. The van der Waals surface area contributed by atoms with E-state index in [9.17, 15) is 13.2 Å². The summed E-state index contributed by atoms with van der Waals surface area (Å²) in [5.41, 5.74) is 0.788. The predicted octanol–water partition coefficient (Wildman–Crippen LogP) is 4.09. The van der Waals surface area contributed by atoms with Crippen molar-refractivity contribution >= 4 is 0 Å². The lowest BCUT2D eigenvalue weighted by molar-refractivity contribution is 0.407. The number of nitrogens with zero attached hydrogens (tertiary/aromatic N) is 3. The molecule has 0 spiro atoms. The first-order valence-corrected chi connectivity index (χ1v) is 7.14. The second-order valence-electron chi connectivity index (χ2n) is 4.93. The minimum absolute atomic E-state index is 0.0918. The van der Waals surface area contributed by atoms with Gasteiger partial charge < -0.3 is 9.47 Å². The molecule has 0 N–H and O–H groups in total. The van der Waals surface area contributed by atoms with Crippen LogP contribution in [-0.4, -0.2) is 22.1 Å². The van der Waals surface area contributed by atoms with Gasteiger partial charge in [0, 0.05) is 17.8 Å². The Labute approximate surface area is 141 Å². The average molecular weight is 347 g/mol. The molecule has 2 aromatic heterocycles. The Balaban J connectivity index is 2.02. The molecule has 0 saturated heterocycles. The van der Waals surface area contributed by atoms with Crippen LogP contribution in [0.3, 0.4) is 0 Å². The Hall–Kier alpha value is -3.16. The third-order valence-corrected chi connectivity index (χ3v) is 3.36. The Morgan fingerprint density at radius 2 is 1.80 bits per heavy atom. The molecular formula is C17H12F3N3O2. The van der Waals surface area contributed by atoms with Crippen LogP contribution >= 0.6 is 0 Å². The lowest BCUT2D eigenvalue weighted by Crippen LogP contribution is -1.97. The molecule has 3 rings (SSSR count). The van der Waals surface area contributed by atoms with Crippen LogP contribution in [0, 0.1) is 11.6 Å². The van der Waals surface area contributed by atoms with E-state index in [-0.39, 0.29) is 22.9 Å². The van der Waals surface area contributed by atoms with Gasteiger partial charge in [-0.2, -0.15) is 0 Å². The summed E-state index contributed by atoms with van der Waals surface area (Å²) in [6.45, 7) is -0.689. The van der Waals surface area contributed by atoms with Crippen molar-refractivity contribution in [1.82, 2.24) is 15.0 Å². The molecule has 0 unspecified atom stereocenters. The number of rotatable bonds is 5. The number of hydrogen-bond acceptors (Lipinski definition) is 5. The maximum Gasteiger partial charge on any atom is 0.230 e. The highest BCUT2D eigenvalue weighted by Crippen LogP contribution is 2.37. The zero-order valence-corrected chi connectivity index (χ0v) is 13.0. The molecule has 5 nitrogen and oxygen atoms in total. The van der Waals surface area contributed by atoms with E-state index in [1.807, 2.05) is 0 Å². The second kappa shape index (κ2) is 7.16. The molecule has 0 saturated carbocycles. The molecular weight excluding hydrogens is 335 g/mol. The normalized spacial score (nSPS) is 10.6. The molecule has 3 aromatic rings. The molecule has 0 fully saturated rings. The van der Waals surface area contributed by atoms with Crippen LogP contribution in [-0.2, 0) is 6.67 Å². The van der Waals surface area contributed by atoms with E-state index in [0.717, 1.165) is 12.1 Å². The molecule has 128 valence electrons. The Kier molecular flexibility index (Phi) is 4.78. The zero-order chi connectivity index (χ0) is 17.8. The highest BCUT2D eigenvalue weighted by Gasteiger charge is 2.17. The fraction of sp³-hybridized carbons (Fsp3) is 0.118. The second-order valence-corrected chi connectivity index (χ2v) is 4.93. The summed E-state index contributed by atoms with van der Waals surface area (Å²) in [7, 11) is 1.33. The highest BCUT2D eigenvalue weighted by atomic mass is 19.2. The van der Waals surface area contributed by atoms with Crippen molar-refractivity contribution in [3.8, 4) is 28.5 Å². The molecule has 2 heterocycles. The molecule has 0 amide bonds. The molecule has 0 bridgehead atoms. The van der Waals surface area contributed by atoms with Crippen molar-refractivity contribution in [2.24, 2.45) is 0 Å². The predicted molar refractivity (Wildman–Crippen MR) is 83.1 cm³/mol. The number of ether oxygens (including phenoxy) is 2. The minimum atomic E-state index is -1.04. The Morgan fingerprint density at radius 3 is 2.48 bits per heavy atom. The monoisotopic (exact) mass is 347 g/mol. The van der Waals surface area contributed by atoms with Gasteiger partial charge in [-0.05, 0) is 18.2 Å². The van der Waals surface area contributed by atoms with Crippen molar-refractivity contribution < 1.29 is 22.6 Å². The number of hydrogen-bond donors (Lipinski definition) is 0. The molecule has 1 aromatic carbocycles. The zero-order valence-electron chi connectivity index (χ0n) is 13.0. The molecule has 0 radical (unpaired) electrons. The first kappa shape index (κ1) is 16.7. The van der Waals surface area contributed by atoms with Gasteiger partial charge in [-0.25, -0.2) is 23.1 Å². The van der Waals surface area contributed by atoms with E-state index in [4.69, 9.17) is 9.47 Å². The van der Waals surface area contributed by atoms with E-state index in [1.165, 1.54) is 38.0 Å². The Bertz CT molecular complexity index is 889. The van der Waals surface area contributed by atoms with Gasteiger partial charge in [0.2, 0.25) is 5.88 Å². The largest absolute Gasteiger partial charge is 0.496 e. The van der Waals surface area contributed by atoms with Gasteiger partial charge in [-0.3, -0.25) is 4.98 Å². The van der Waals surface area contributed by atoms with E-state index < -0.39 is 18.3 Å². The third kappa shape index (κ3) is 3.52. The summed E-state index contributed by atoms with van der Waals surface area (Å²) in [5, 5.41) is 0. The summed E-state index contributed by atoms with van der Waals surface area (Å²) in [5.74, 6) is -1.58. The van der Waals surface area contributed by atoms with Gasteiger partial charge in [-0.1, -0.05) is 0 Å². The fourth-order valence-electron chi connectivity index (χ4n) is 2.15. The number of halogens is 3. The van der Waals surface area contributed by atoms with Crippen molar-refractivity contribution in [2.75, 3.05) is 7.11 Å². The van der Waals surface area contributed by atoms with Crippen molar-refractivity contribution in [2.45, 2.75) is 6.67 Å².